The van der Waals surface area contributed by atoms with Crippen LogP contribution in [0, 0.1) is 0 Å². The molecule has 17 heavy (non-hydrogen) atoms. The number of aliphatic hydroxyl groups excluding tert-OH is 1. The lowest BCUT2D eigenvalue weighted by atomic mass is 10.2. The normalized spacial score (nSPS) is 13.8. The summed E-state index contributed by atoms with van der Waals surface area (Å²) in [5, 5.41) is 22.4. The summed E-state index contributed by atoms with van der Waals surface area (Å²) in [6.07, 6.45) is 0.000838. The summed E-state index contributed by atoms with van der Waals surface area (Å²) in [6, 6.07) is -1.59. The fraction of sp³-hybridized carbons (Fsp3) is 0.800. The van der Waals surface area contributed by atoms with Gasteiger partial charge < -0.3 is 20.8 Å². The number of amides is 2. The number of carbonyl (C=O) groups excluding carboxylic acids is 1. The van der Waals surface area contributed by atoms with Crippen molar-refractivity contribution in [2.75, 3.05) is 18.1 Å². The first-order valence-corrected chi connectivity index (χ1v) is 6.65. The van der Waals surface area contributed by atoms with E-state index in [-0.39, 0.29) is 19.1 Å². The van der Waals surface area contributed by atoms with Gasteiger partial charge in [-0.25, -0.2) is 9.59 Å². The summed E-state index contributed by atoms with van der Waals surface area (Å²) in [7, 11) is 0. The number of aliphatic hydroxyl groups is 1. The second kappa shape index (κ2) is 9.12. The van der Waals surface area contributed by atoms with Gasteiger partial charge in [-0.3, -0.25) is 0 Å². The Bertz CT molecular complexity index is 250. The van der Waals surface area contributed by atoms with Gasteiger partial charge in [0.2, 0.25) is 0 Å². The van der Waals surface area contributed by atoms with Crippen LogP contribution in [0.4, 0.5) is 4.79 Å². The maximum Gasteiger partial charge on any atom is 0.326 e. The molecule has 100 valence electrons. The molecule has 0 aromatic carbocycles. The lowest BCUT2D eigenvalue weighted by molar-refractivity contribution is -0.139. The highest BCUT2D eigenvalue weighted by molar-refractivity contribution is 7.99. The molecule has 4 N–H and O–H groups in total. The Morgan fingerprint density at radius 3 is 2.47 bits per heavy atom. The van der Waals surface area contributed by atoms with Crippen LogP contribution in [0.5, 0.6) is 0 Å². The number of carbonyl (C=O) groups is 2. The van der Waals surface area contributed by atoms with Crippen LogP contribution >= 0.6 is 11.8 Å². The van der Waals surface area contributed by atoms with Crippen molar-refractivity contribution < 1.29 is 19.8 Å². The van der Waals surface area contributed by atoms with E-state index < -0.39 is 18.0 Å². The van der Waals surface area contributed by atoms with Gasteiger partial charge in [-0.1, -0.05) is 6.92 Å². The molecule has 0 heterocycles. The van der Waals surface area contributed by atoms with E-state index in [1.807, 2.05) is 13.8 Å². The van der Waals surface area contributed by atoms with E-state index in [9.17, 15) is 9.59 Å². The molecule has 0 aromatic heterocycles. The number of nitrogens with one attached hydrogen (secondary N) is 2. The van der Waals surface area contributed by atoms with Crippen LogP contribution in [0.15, 0.2) is 0 Å². The van der Waals surface area contributed by atoms with Crippen molar-refractivity contribution in [2.24, 2.45) is 0 Å². The molecule has 0 aromatic rings. The molecule has 0 saturated heterocycles. The first-order chi connectivity index (χ1) is 8.01. The third-order valence-corrected chi connectivity index (χ3v) is 3.11. The van der Waals surface area contributed by atoms with E-state index in [2.05, 4.69) is 10.6 Å². The van der Waals surface area contributed by atoms with Crippen LogP contribution in [-0.4, -0.2) is 52.4 Å². The van der Waals surface area contributed by atoms with Crippen molar-refractivity contribution in [1.82, 2.24) is 10.6 Å². The van der Waals surface area contributed by atoms with Crippen LogP contribution in [0.3, 0.4) is 0 Å². The van der Waals surface area contributed by atoms with Gasteiger partial charge in [-0.15, -0.1) is 0 Å². The molecule has 2 atom stereocenters. The van der Waals surface area contributed by atoms with Gasteiger partial charge in [-0.05, 0) is 12.7 Å². The SMILES string of the molecule is CCSCC(C)NC(=O)N[C@H](CCO)C(=O)O. The maximum atomic E-state index is 11.4. The van der Waals surface area contributed by atoms with Gasteiger partial charge >= 0.3 is 12.0 Å². The molecule has 6 nitrogen and oxygen atoms in total. The number of hydrogen-bond acceptors (Lipinski definition) is 4. The van der Waals surface area contributed by atoms with Crippen molar-refractivity contribution in [3.8, 4) is 0 Å². The van der Waals surface area contributed by atoms with Gasteiger partial charge in [0, 0.05) is 24.8 Å². The van der Waals surface area contributed by atoms with Gasteiger partial charge in [0.25, 0.3) is 0 Å². The van der Waals surface area contributed by atoms with E-state index in [1.165, 1.54) is 0 Å². The third kappa shape index (κ3) is 7.87. The van der Waals surface area contributed by atoms with Crippen molar-refractivity contribution in [3.63, 3.8) is 0 Å². The monoisotopic (exact) mass is 264 g/mol. The maximum absolute atomic E-state index is 11.4. The predicted octanol–water partition coefficient (Wildman–Crippen LogP) is 0.263. The van der Waals surface area contributed by atoms with Crippen molar-refractivity contribution in [1.29, 1.82) is 0 Å². The first kappa shape index (κ1) is 16.1. The molecule has 7 heteroatoms. The second-order valence-corrected chi connectivity index (χ2v) is 4.90. The van der Waals surface area contributed by atoms with Gasteiger partial charge in [0.1, 0.15) is 6.04 Å². The molecular weight excluding hydrogens is 244 g/mol. The summed E-state index contributed by atoms with van der Waals surface area (Å²) in [5.41, 5.74) is 0. The lowest BCUT2D eigenvalue weighted by Crippen LogP contribution is -2.49. The Morgan fingerprint density at radius 1 is 1.35 bits per heavy atom. The Hall–Kier alpha value is -0.950. The zero-order chi connectivity index (χ0) is 13.3. The van der Waals surface area contributed by atoms with Crippen LogP contribution < -0.4 is 10.6 Å². The highest BCUT2D eigenvalue weighted by Gasteiger charge is 2.19. The molecule has 0 radical (unpaired) electrons. The van der Waals surface area contributed by atoms with E-state index in [0.717, 1.165) is 11.5 Å². The Kier molecular flexibility index (Phi) is 8.61. The topological polar surface area (TPSA) is 98.7 Å². The predicted molar refractivity (Wildman–Crippen MR) is 67.3 cm³/mol. The average molecular weight is 264 g/mol. The van der Waals surface area contributed by atoms with Gasteiger partial charge in [-0.2, -0.15) is 11.8 Å². The van der Waals surface area contributed by atoms with E-state index in [0.29, 0.717) is 0 Å². The molecule has 2 amide bonds. The molecule has 0 bridgehead atoms. The van der Waals surface area contributed by atoms with Crippen LogP contribution in [0.2, 0.25) is 0 Å². The zero-order valence-electron chi connectivity index (χ0n) is 10.1. The third-order valence-electron chi connectivity index (χ3n) is 1.97. The quantitative estimate of drug-likeness (QED) is 0.504. The van der Waals surface area contributed by atoms with E-state index in [1.54, 1.807) is 11.8 Å². The first-order valence-electron chi connectivity index (χ1n) is 5.49. The number of urea groups is 1. The minimum absolute atomic E-state index is 0.000838. The molecule has 0 saturated carbocycles. The molecule has 0 aliphatic carbocycles. The number of carboxylic acids is 1. The Balaban J connectivity index is 4.00. The number of thioether (sulfide) groups is 1. The van der Waals surface area contributed by atoms with Crippen molar-refractivity contribution >= 4 is 23.8 Å². The zero-order valence-corrected chi connectivity index (χ0v) is 10.9. The van der Waals surface area contributed by atoms with Crippen molar-refractivity contribution in [2.45, 2.75) is 32.4 Å². The summed E-state index contributed by atoms with van der Waals surface area (Å²) >= 11 is 1.69. The Labute approximate surface area is 105 Å². The van der Waals surface area contributed by atoms with Gasteiger partial charge in [0.05, 0.1) is 0 Å². The van der Waals surface area contributed by atoms with Crippen LogP contribution in [-0.2, 0) is 4.79 Å². The fourth-order valence-electron chi connectivity index (χ4n) is 1.15. The summed E-state index contributed by atoms with van der Waals surface area (Å²) < 4.78 is 0. The largest absolute Gasteiger partial charge is 0.480 e. The number of hydrogen-bond donors (Lipinski definition) is 4. The summed E-state index contributed by atoms with van der Waals surface area (Å²) in [4.78, 5) is 22.2. The summed E-state index contributed by atoms with van der Waals surface area (Å²) in [6.45, 7) is 3.60. The molecule has 0 aliphatic heterocycles. The Morgan fingerprint density at radius 2 is 2.00 bits per heavy atom. The lowest BCUT2D eigenvalue weighted by Gasteiger charge is -2.17. The van der Waals surface area contributed by atoms with Crippen molar-refractivity contribution in [3.05, 3.63) is 0 Å². The van der Waals surface area contributed by atoms with E-state index in [4.69, 9.17) is 10.2 Å². The number of carboxylic acid groups (broad SMARTS) is 1. The fourth-order valence-corrected chi connectivity index (χ4v) is 1.82. The molecule has 1 unspecified atom stereocenters. The molecule has 0 aliphatic rings. The smallest absolute Gasteiger partial charge is 0.326 e. The highest BCUT2D eigenvalue weighted by Crippen LogP contribution is 2.01. The minimum atomic E-state index is -1.15. The van der Waals surface area contributed by atoms with E-state index >= 15 is 0 Å². The number of aliphatic carboxylic acids is 1. The van der Waals surface area contributed by atoms with Crippen LogP contribution in [0.1, 0.15) is 20.3 Å². The second-order valence-electron chi connectivity index (χ2n) is 3.58. The number of rotatable bonds is 8. The molecule has 0 rings (SSSR count). The standard InChI is InChI=1S/C10H20N2O4S/c1-3-17-6-7(2)11-10(16)12-8(4-5-13)9(14)15/h7-8,13H,3-6H2,1-2H3,(H,14,15)(H2,11,12,16)/t7?,8-/m1/s1. The highest BCUT2D eigenvalue weighted by atomic mass is 32.2. The average Bonchev–Trinajstić information content (AvgIpc) is 2.25. The molecule has 0 fully saturated rings. The summed E-state index contributed by atoms with van der Waals surface area (Å²) in [5.74, 6) is 0.599. The molecular formula is C10H20N2O4S. The van der Waals surface area contributed by atoms with Crippen LogP contribution in [0.25, 0.3) is 0 Å². The minimum Gasteiger partial charge on any atom is -0.480 e. The van der Waals surface area contributed by atoms with Gasteiger partial charge in [0.15, 0.2) is 0 Å². The molecule has 0 spiro atoms.